The number of fused-ring (bicyclic) bond motifs is 1. The summed E-state index contributed by atoms with van der Waals surface area (Å²) in [6.07, 6.45) is 3.09. The number of benzene rings is 1. The Bertz CT molecular complexity index is 1000. The number of amides is 1. The van der Waals surface area contributed by atoms with Gasteiger partial charge in [-0.3, -0.25) is 14.9 Å². The van der Waals surface area contributed by atoms with Gasteiger partial charge in [-0.15, -0.1) is 12.4 Å². The van der Waals surface area contributed by atoms with Crippen LogP contribution in [-0.4, -0.2) is 46.1 Å². The third-order valence-electron chi connectivity index (χ3n) is 5.01. The number of pyridine rings is 1. The Kier molecular flexibility index (Phi) is 5.90. The van der Waals surface area contributed by atoms with Crippen LogP contribution < -0.4 is 5.32 Å². The summed E-state index contributed by atoms with van der Waals surface area (Å²) in [7, 11) is 2.04. The van der Waals surface area contributed by atoms with Crippen molar-refractivity contribution in [2.24, 2.45) is 5.92 Å². The van der Waals surface area contributed by atoms with E-state index in [1.54, 1.807) is 6.07 Å². The van der Waals surface area contributed by atoms with Crippen LogP contribution in [0.2, 0.25) is 0 Å². The number of halogens is 3. The number of hydrogen-bond acceptors (Lipinski definition) is 4. The van der Waals surface area contributed by atoms with E-state index >= 15 is 0 Å². The Balaban J connectivity index is 0.00000225. The average molecular weight is 408 g/mol. The fourth-order valence-electron chi connectivity index (χ4n) is 3.35. The lowest BCUT2D eigenvalue weighted by atomic mass is 9.96. The van der Waals surface area contributed by atoms with Crippen molar-refractivity contribution in [2.45, 2.75) is 12.8 Å². The molecule has 0 bridgehead atoms. The molecule has 1 saturated heterocycles. The summed E-state index contributed by atoms with van der Waals surface area (Å²) >= 11 is 0. The van der Waals surface area contributed by atoms with Crippen LogP contribution in [0.1, 0.15) is 12.8 Å². The molecule has 28 heavy (non-hydrogen) atoms. The zero-order valence-electron chi connectivity index (χ0n) is 15.2. The second-order valence-corrected chi connectivity index (χ2v) is 6.86. The predicted molar refractivity (Wildman–Crippen MR) is 105 cm³/mol. The highest BCUT2D eigenvalue weighted by Crippen LogP contribution is 2.28. The fraction of sp³-hybridized carbons (Fsp3) is 0.316. The Hall–Kier alpha value is -2.58. The normalized spacial score (nSPS) is 15.4. The average Bonchev–Trinajstić information content (AvgIpc) is 3.06. The Morgan fingerprint density at radius 1 is 1.29 bits per heavy atom. The number of likely N-dealkylation sites (tertiary alicyclic amines) is 1. The molecular formula is C19H20ClF2N5O. The number of rotatable bonds is 3. The maximum absolute atomic E-state index is 14.1. The van der Waals surface area contributed by atoms with Crippen LogP contribution in [0.15, 0.2) is 30.5 Å². The molecule has 1 fully saturated rings. The number of aromatic nitrogens is 3. The highest BCUT2D eigenvalue weighted by Gasteiger charge is 2.24. The molecule has 0 atom stereocenters. The molecule has 148 valence electrons. The molecule has 1 aromatic carbocycles. The number of nitrogens with zero attached hydrogens (tertiary/aromatic N) is 3. The van der Waals surface area contributed by atoms with E-state index in [0.717, 1.165) is 32.0 Å². The van der Waals surface area contributed by atoms with Crippen molar-refractivity contribution < 1.29 is 13.6 Å². The molecule has 0 unspecified atom stereocenters. The molecule has 3 aromatic rings. The van der Waals surface area contributed by atoms with Crippen molar-refractivity contribution in [3.05, 3.63) is 42.1 Å². The summed E-state index contributed by atoms with van der Waals surface area (Å²) in [4.78, 5) is 18.9. The van der Waals surface area contributed by atoms with Gasteiger partial charge in [0.15, 0.2) is 17.5 Å². The summed E-state index contributed by atoms with van der Waals surface area (Å²) in [6.45, 7) is 1.76. The van der Waals surface area contributed by atoms with E-state index in [1.807, 2.05) is 7.05 Å². The molecule has 9 heteroatoms. The molecule has 1 aliphatic heterocycles. The SMILES string of the molecule is CN1CCC(C(=O)Nc2n[nH]c3cnc(-c4cccc(F)c4F)cc23)CC1.Cl. The molecule has 4 rings (SSSR count). The first-order valence-electron chi connectivity index (χ1n) is 8.81. The van der Waals surface area contributed by atoms with Crippen LogP contribution >= 0.6 is 12.4 Å². The number of nitrogens with one attached hydrogen (secondary N) is 2. The van der Waals surface area contributed by atoms with Crippen molar-refractivity contribution in [3.8, 4) is 11.3 Å². The van der Waals surface area contributed by atoms with E-state index in [1.165, 1.54) is 18.3 Å². The van der Waals surface area contributed by atoms with Crippen LogP contribution in [-0.2, 0) is 4.79 Å². The van der Waals surface area contributed by atoms with Gasteiger partial charge in [-0.05, 0) is 51.2 Å². The van der Waals surface area contributed by atoms with Crippen LogP contribution in [0, 0.1) is 17.6 Å². The van der Waals surface area contributed by atoms with Gasteiger partial charge < -0.3 is 10.2 Å². The third kappa shape index (κ3) is 3.83. The van der Waals surface area contributed by atoms with Crippen LogP contribution in [0.5, 0.6) is 0 Å². The summed E-state index contributed by atoms with van der Waals surface area (Å²) in [5.41, 5.74) is 0.940. The molecule has 2 aromatic heterocycles. The number of piperidine rings is 1. The number of carbonyl (C=O) groups is 1. The van der Waals surface area contributed by atoms with Crippen LogP contribution in [0.4, 0.5) is 14.6 Å². The molecule has 2 N–H and O–H groups in total. The number of H-pyrrole nitrogens is 1. The maximum atomic E-state index is 14.1. The van der Waals surface area contributed by atoms with Gasteiger partial charge >= 0.3 is 0 Å². The zero-order valence-corrected chi connectivity index (χ0v) is 16.0. The summed E-state index contributed by atoms with van der Waals surface area (Å²) in [6, 6.07) is 5.55. The number of anilines is 1. The second kappa shape index (κ2) is 8.20. The van der Waals surface area contributed by atoms with E-state index in [0.29, 0.717) is 16.7 Å². The molecule has 0 aliphatic carbocycles. The van der Waals surface area contributed by atoms with E-state index in [9.17, 15) is 13.6 Å². The van der Waals surface area contributed by atoms with Gasteiger partial charge in [0, 0.05) is 16.9 Å². The fourth-order valence-corrected chi connectivity index (χ4v) is 3.35. The topological polar surface area (TPSA) is 73.9 Å². The lowest BCUT2D eigenvalue weighted by Crippen LogP contribution is -2.36. The van der Waals surface area contributed by atoms with Gasteiger partial charge in [-0.2, -0.15) is 5.10 Å². The van der Waals surface area contributed by atoms with Crippen molar-refractivity contribution >= 4 is 35.0 Å². The van der Waals surface area contributed by atoms with Gasteiger partial charge in [0.1, 0.15) is 0 Å². The minimum atomic E-state index is -0.954. The highest BCUT2D eigenvalue weighted by molar-refractivity contribution is 6.01. The predicted octanol–water partition coefficient (Wildman–Crippen LogP) is 3.61. The Morgan fingerprint density at radius 3 is 2.79 bits per heavy atom. The van der Waals surface area contributed by atoms with Crippen molar-refractivity contribution in [1.82, 2.24) is 20.1 Å². The minimum Gasteiger partial charge on any atom is -0.308 e. The number of aromatic amines is 1. The third-order valence-corrected chi connectivity index (χ3v) is 5.01. The van der Waals surface area contributed by atoms with Crippen LogP contribution in [0.3, 0.4) is 0 Å². The molecule has 1 aliphatic rings. The van der Waals surface area contributed by atoms with E-state index in [-0.39, 0.29) is 35.5 Å². The summed E-state index contributed by atoms with van der Waals surface area (Å²) < 4.78 is 27.6. The first-order chi connectivity index (χ1) is 13.0. The quantitative estimate of drug-likeness (QED) is 0.695. The van der Waals surface area contributed by atoms with Crippen molar-refractivity contribution in [1.29, 1.82) is 0 Å². The van der Waals surface area contributed by atoms with Crippen LogP contribution in [0.25, 0.3) is 22.2 Å². The Morgan fingerprint density at radius 2 is 2.04 bits per heavy atom. The van der Waals surface area contributed by atoms with Gasteiger partial charge in [-0.25, -0.2) is 8.78 Å². The van der Waals surface area contributed by atoms with E-state index < -0.39 is 11.6 Å². The standard InChI is InChI=1S/C19H19F2N5O.ClH/c1-26-7-5-11(6-8-26)19(27)23-18-13-9-15(22-10-16(13)24-25-18)12-3-2-4-14(20)17(12)21;/h2-4,9-11H,5-8H2,1H3,(H2,23,24,25,27);1H. The van der Waals surface area contributed by atoms with Gasteiger partial charge in [-0.1, -0.05) is 6.07 Å². The number of hydrogen-bond donors (Lipinski definition) is 2. The van der Waals surface area contributed by atoms with E-state index in [2.05, 4.69) is 25.4 Å². The molecule has 1 amide bonds. The molecule has 3 heterocycles. The monoisotopic (exact) mass is 407 g/mol. The lowest BCUT2D eigenvalue weighted by molar-refractivity contribution is -0.121. The second-order valence-electron chi connectivity index (χ2n) is 6.86. The van der Waals surface area contributed by atoms with Gasteiger partial charge in [0.25, 0.3) is 0 Å². The molecule has 0 saturated carbocycles. The first-order valence-corrected chi connectivity index (χ1v) is 8.81. The van der Waals surface area contributed by atoms with Gasteiger partial charge in [0.2, 0.25) is 5.91 Å². The summed E-state index contributed by atoms with van der Waals surface area (Å²) in [5, 5.41) is 10.4. The molecule has 6 nitrogen and oxygen atoms in total. The summed E-state index contributed by atoms with van der Waals surface area (Å²) in [5.74, 6) is -1.65. The molecule has 0 spiro atoms. The zero-order chi connectivity index (χ0) is 19.0. The minimum absolute atomic E-state index is 0. The van der Waals surface area contributed by atoms with Crippen molar-refractivity contribution in [2.75, 3.05) is 25.5 Å². The smallest absolute Gasteiger partial charge is 0.228 e. The Labute approximate surface area is 166 Å². The van der Waals surface area contributed by atoms with Crippen molar-refractivity contribution in [3.63, 3.8) is 0 Å². The highest BCUT2D eigenvalue weighted by atomic mass is 35.5. The largest absolute Gasteiger partial charge is 0.308 e. The molecular weight excluding hydrogens is 388 g/mol. The molecule has 0 radical (unpaired) electrons. The van der Waals surface area contributed by atoms with E-state index in [4.69, 9.17) is 0 Å². The first kappa shape index (κ1) is 20.2. The maximum Gasteiger partial charge on any atom is 0.228 e. The lowest BCUT2D eigenvalue weighted by Gasteiger charge is -2.27. The number of carbonyl (C=O) groups excluding carboxylic acids is 1. The van der Waals surface area contributed by atoms with Gasteiger partial charge in [0.05, 0.1) is 17.4 Å².